The van der Waals surface area contributed by atoms with Crippen LogP contribution in [0.25, 0.3) is 0 Å². The first kappa shape index (κ1) is 16.1. The van der Waals surface area contributed by atoms with Crippen molar-refractivity contribution in [3.8, 4) is 0 Å². The van der Waals surface area contributed by atoms with E-state index in [0.717, 1.165) is 11.8 Å². The van der Waals surface area contributed by atoms with Gasteiger partial charge in [-0.25, -0.2) is 4.79 Å². The number of carboxylic acids is 1. The average molecular weight is 300 g/mol. The minimum atomic E-state index is -1.12. The van der Waals surface area contributed by atoms with Gasteiger partial charge in [0, 0.05) is 12.7 Å². The molecule has 0 aliphatic heterocycles. The number of carbonyl (C=O) groups excluding carboxylic acids is 2. The summed E-state index contributed by atoms with van der Waals surface area (Å²) in [7, 11) is 0. The Morgan fingerprint density at radius 3 is 2.75 bits per heavy atom. The molecule has 0 saturated carbocycles. The number of amides is 2. The van der Waals surface area contributed by atoms with E-state index in [1.165, 1.54) is 13.2 Å². The fourth-order valence-corrected chi connectivity index (χ4v) is 2.21. The maximum absolute atomic E-state index is 11.5. The minimum absolute atomic E-state index is 0.115. The monoisotopic (exact) mass is 300 g/mol. The molecule has 0 radical (unpaired) electrons. The number of hydrogen-bond donors (Lipinski definition) is 3. The fraction of sp³-hybridized carbons (Fsp3) is 0.417. The van der Waals surface area contributed by atoms with Crippen molar-refractivity contribution in [3.63, 3.8) is 0 Å². The first-order valence-corrected chi connectivity index (χ1v) is 7.01. The van der Waals surface area contributed by atoms with Crippen LogP contribution in [0.4, 0.5) is 0 Å². The molecule has 0 aromatic carbocycles. The molecule has 0 saturated heterocycles. The molecule has 0 fully saturated rings. The summed E-state index contributed by atoms with van der Waals surface area (Å²) in [6, 6.07) is 2.47. The molecule has 1 aromatic heterocycles. The SMILES string of the molecule is CC(=O)N[C@@H](CSCC(=O)NCc1ccco1)C(=O)O. The van der Waals surface area contributed by atoms with E-state index < -0.39 is 17.9 Å². The maximum Gasteiger partial charge on any atom is 0.327 e. The summed E-state index contributed by atoms with van der Waals surface area (Å²) in [5.74, 6) is -0.875. The largest absolute Gasteiger partial charge is 0.480 e. The Bertz CT molecular complexity index is 460. The molecule has 1 atom stereocenters. The van der Waals surface area contributed by atoms with E-state index in [1.807, 2.05) is 0 Å². The molecule has 1 rings (SSSR count). The second-order valence-electron chi connectivity index (χ2n) is 3.96. The van der Waals surface area contributed by atoms with E-state index in [0.29, 0.717) is 12.3 Å². The van der Waals surface area contributed by atoms with Crippen molar-refractivity contribution in [2.24, 2.45) is 0 Å². The average Bonchev–Trinajstić information content (AvgIpc) is 2.87. The summed E-state index contributed by atoms with van der Waals surface area (Å²) in [6.07, 6.45) is 1.52. The predicted molar refractivity (Wildman–Crippen MR) is 73.1 cm³/mol. The second-order valence-corrected chi connectivity index (χ2v) is 4.99. The Labute approximate surface area is 120 Å². The number of furan rings is 1. The Kier molecular flexibility index (Phi) is 6.65. The molecule has 0 spiro atoms. The Hall–Kier alpha value is -1.96. The Morgan fingerprint density at radius 1 is 1.45 bits per heavy atom. The molecule has 2 amide bonds. The lowest BCUT2D eigenvalue weighted by molar-refractivity contribution is -0.140. The van der Waals surface area contributed by atoms with E-state index in [-0.39, 0.29) is 17.4 Å². The van der Waals surface area contributed by atoms with Crippen LogP contribution in [-0.4, -0.2) is 40.4 Å². The third-order valence-corrected chi connectivity index (χ3v) is 3.27. The Morgan fingerprint density at radius 2 is 2.20 bits per heavy atom. The zero-order chi connectivity index (χ0) is 15.0. The number of nitrogens with one attached hydrogen (secondary N) is 2. The van der Waals surface area contributed by atoms with Crippen molar-refractivity contribution in [2.45, 2.75) is 19.5 Å². The molecule has 3 N–H and O–H groups in total. The van der Waals surface area contributed by atoms with Crippen LogP contribution < -0.4 is 10.6 Å². The molecule has 8 heteroatoms. The van der Waals surface area contributed by atoms with Gasteiger partial charge in [0.2, 0.25) is 11.8 Å². The first-order chi connectivity index (χ1) is 9.49. The highest BCUT2D eigenvalue weighted by Crippen LogP contribution is 2.04. The van der Waals surface area contributed by atoms with Crippen molar-refractivity contribution >= 4 is 29.5 Å². The number of thioether (sulfide) groups is 1. The summed E-state index contributed by atoms with van der Waals surface area (Å²) in [6.45, 7) is 1.54. The van der Waals surface area contributed by atoms with Crippen LogP contribution in [0.2, 0.25) is 0 Å². The van der Waals surface area contributed by atoms with Gasteiger partial charge in [-0.1, -0.05) is 0 Å². The number of hydrogen-bond acceptors (Lipinski definition) is 5. The lowest BCUT2D eigenvalue weighted by Crippen LogP contribution is -2.41. The van der Waals surface area contributed by atoms with Crippen molar-refractivity contribution in [1.82, 2.24) is 10.6 Å². The highest BCUT2D eigenvalue weighted by Gasteiger charge is 2.18. The van der Waals surface area contributed by atoms with Gasteiger partial charge in [-0.15, -0.1) is 11.8 Å². The van der Waals surface area contributed by atoms with Crippen molar-refractivity contribution < 1.29 is 23.9 Å². The molecule has 0 bridgehead atoms. The van der Waals surface area contributed by atoms with Gasteiger partial charge in [-0.05, 0) is 12.1 Å². The van der Waals surface area contributed by atoms with E-state index in [4.69, 9.17) is 9.52 Å². The van der Waals surface area contributed by atoms with Crippen LogP contribution in [0.3, 0.4) is 0 Å². The van der Waals surface area contributed by atoms with Crippen molar-refractivity contribution in [1.29, 1.82) is 0 Å². The standard InChI is InChI=1S/C12H16N2O5S/c1-8(15)14-10(12(17)18)6-20-7-11(16)13-5-9-3-2-4-19-9/h2-4,10H,5-7H2,1H3,(H,13,16)(H,14,15)(H,17,18)/t10-/m0/s1. The molecule has 1 heterocycles. The van der Waals surface area contributed by atoms with Gasteiger partial charge in [0.15, 0.2) is 0 Å². The molecule has 0 unspecified atom stereocenters. The molecule has 20 heavy (non-hydrogen) atoms. The maximum atomic E-state index is 11.5. The lowest BCUT2D eigenvalue weighted by Gasteiger charge is -2.12. The Balaban J connectivity index is 2.22. The van der Waals surface area contributed by atoms with Crippen LogP contribution in [0.15, 0.2) is 22.8 Å². The molecule has 110 valence electrons. The fourth-order valence-electron chi connectivity index (χ4n) is 1.34. The summed E-state index contributed by atoms with van der Waals surface area (Å²) in [4.78, 5) is 33.2. The molecule has 7 nitrogen and oxygen atoms in total. The lowest BCUT2D eigenvalue weighted by atomic mass is 10.3. The first-order valence-electron chi connectivity index (χ1n) is 5.85. The number of rotatable bonds is 8. The highest BCUT2D eigenvalue weighted by atomic mass is 32.2. The summed E-state index contributed by atoms with van der Waals surface area (Å²) in [5, 5.41) is 13.8. The van der Waals surface area contributed by atoms with E-state index in [9.17, 15) is 14.4 Å². The van der Waals surface area contributed by atoms with Gasteiger partial charge >= 0.3 is 5.97 Å². The molecular weight excluding hydrogens is 284 g/mol. The van der Waals surface area contributed by atoms with Gasteiger partial charge in [0.1, 0.15) is 11.8 Å². The van der Waals surface area contributed by atoms with E-state index in [2.05, 4.69) is 10.6 Å². The third-order valence-electron chi connectivity index (χ3n) is 2.23. The second kappa shape index (κ2) is 8.26. The molecule has 0 aliphatic carbocycles. The highest BCUT2D eigenvalue weighted by molar-refractivity contribution is 8.00. The zero-order valence-corrected chi connectivity index (χ0v) is 11.7. The smallest absolute Gasteiger partial charge is 0.327 e. The normalized spacial score (nSPS) is 11.7. The molecule has 0 aliphatic rings. The van der Waals surface area contributed by atoms with Gasteiger partial charge in [-0.3, -0.25) is 9.59 Å². The number of aliphatic carboxylic acids is 1. The van der Waals surface area contributed by atoms with Gasteiger partial charge in [0.05, 0.1) is 18.6 Å². The van der Waals surface area contributed by atoms with Crippen molar-refractivity contribution in [2.75, 3.05) is 11.5 Å². The third kappa shape index (κ3) is 6.28. The van der Waals surface area contributed by atoms with Crippen LogP contribution in [0.1, 0.15) is 12.7 Å². The van der Waals surface area contributed by atoms with Crippen LogP contribution >= 0.6 is 11.8 Å². The van der Waals surface area contributed by atoms with Gasteiger partial charge in [-0.2, -0.15) is 0 Å². The summed E-state index contributed by atoms with van der Waals surface area (Å²) in [5.41, 5.74) is 0. The molecule has 1 aromatic rings. The van der Waals surface area contributed by atoms with E-state index in [1.54, 1.807) is 12.1 Å². The summed E-state index contributed by atoms with van der Waals surface area (Å²) < 4.78 is 5.06. The number of carbonyl (C=O) groups is 3. The summed E-state index contributed by atoms with van der Waals surface area (Å²) >= 11 is 1.14. The van der Waals surface area contributed by atoms with E-state index >= 15 is 0 Å². The quantitative estimate of drug-likeness (QED) is 0.633. The number of carboxylic acid groups (broad SMARTS) is 1. The van der Waals surface area contributed by atoms with Crippen molar-refractivity contribution in [3.05, 3.63) is 24.2 Å². The van der Waals surface area contributed by atoms with Crippen LogP contribution in [0, 0.1) is 0 Å². The predicted octanol–water partition coefficient (Wildman–Crippen LogP) is 0.218. The molecular formula is C12H16N2O5S. The van der Waals surface area contributed by atoms with Crippen LogP contribution in [0.5, 0.6) is 0 Å². The zero-order valence-electron chi connectivity index (χ0n) is 10.9. The van der Waals surface area contributed by atoms with Gasteiger partial charge in [0.25, 0.3) is 0 Å². The minimum Gasteiger partial charge on any atom is -0.480 e. The topological polar surface area (TPSA) is 109 Å². The van der Waals surface area contributed by atoms with Crippen LogP contribution in [-0.2, 0) is 20.9 Å². The van der Waals surface area contributed by atoms with Gasteiger partial charge < -0.3 is 20.2 Å².